The summed E-state index contributed by atoms with van der Waals surface area (Å²) in [6, 6.07) is 10.8. The first-order valence-electron chi connectivity index (χ1n) is 8.36. The van der Waals surface area contributed by atoms with Crippen LogP contribution >= 0.6 is 15.9 Å². The zero-order valence-corrected chi connectivity index (χ0v) is 15.3. The van der Waals surface area contributed by atoms with Crippen LogP contribution in [0.15, 0.2) is 52.2 Å². The van der Waals surface area contributed by atoms with Gasteiger partial charge in [-0.3, -0.25) is 4.98 Å². The van der Waals surface area contributed by atoms with Crippen molar-refractivity contribution >= 4 is 21.9 Å². The molecule has 5 heteroatoms. The van der Waals surface area contributed by atoms with E-state index in [1.54, 1.807) is 6.20 Å². The Morgan fingerprint density at radius 1 is 1.21 bits per heavy atom. The molecule has 0 bridgehead atoms. The molecule has 1 fully saturated rings. The van der Waals surface area contributed by atoms with Crippen molar-refractivity contribution in [1.82, 2.24) is 9.88 Å². The lowest BCUT2D eigenvalue weighted by atomic mass is 9.67. The maximum absolute atomic E-state index is 6.14. The molecule has 2 aromatic rings. The van der Waals surface area contributed by atoms with Gasteiger partial charge in [0.25, 0.3) is 0 Å². The monoisotopic (exact) mass is 384 g/mol. The van der Waals surface area contributed by atoms with Crippen LogP contribution in [0.1, 0.15) is 24.8 Å². The maximum Gasteiger partial charge on any atom is 0.192 e. The Bertz CT molecular complexity index is 799. The molecule has 0 saturated heterocycles. The van der Waals surface area contributed by atoms with Crippen molar-refractivity contribution in [3.63, 3.8) is 0 Å². The molecule has 1 aliphatic heterocycles. The van der Waals surface area contributed by atoms with Gasteiger partial charge in [0.1, 0.15) is 5.54 Å². The molecular formula is C19H21BrN4. The summed E-state index contributed by atoms with van der Waals surface area (Å²) in [5.41, 5.74) is 9.48. The number of benzene rings is 1. The molecular weight excluding hydrogens is 364 g/mol. The lowest BCUT2D eigenvalue weighted by Gasteiger charge is -2.41. The lowest BCUT2D eigenvalue weighted by molar-refractivity contribution is 0.162. The SMILES string of the molecule is CN1CC(c2cccc(-c3cncc(Br)c3)c2)(C2CCC2)N=C1N. The second kappa shape index (κ2) is 5.88. The molecule has 1 aromatic carbocycles. The van der Waals surface area contributed by atoms with Crippen molar-refractivity contribution in [3.8, 4) is 11.1 Å². The molecule has 1 aliphatic carbocycles. The van der Waals surface area contributed by atoms with Crippen LogP contribution in [-0.4, -0.2) is 29.4 Å². The second-order valence-corrected chi connectivity index (χ2v) is 7.77. The standard InChI is InChI=1S/C19H21BrN4/c1-24-12-19(23-18(24)21,15-5-3-6-15)16-7-2-4-13(8-16)14-9-17(20)11-22-10-14/h2,4,7-11,15H,3,5-6,12H2,1H3,(H2,21,23). The van der Waals surface area contributed by atoms with Crippen molar-refractivity contribution in [3.05, 3.63) is 52.8 Å². The van der Waals surface area contributed by atoms with Crippen LogP contribution in [0.5, 0.6) is 0 Å². The predicted octanol–water partition coefficient (Wildman–Crippen LogP) is 3.77. The molecule has 1 atom stereocenters. The van der Waals surface area contributed by atoms with E-state index in [1.807, 2.05) is 13.2 Å². The van der Waals surface area contributed by atoms with Gasteiger partial charge in [-0.1, -0.05) is 24.6 Å². The normalized spacial score (nSPS) is 23.9. The van der Waals surface area contributed by atoms with E-state index in [4.69, 9.17) is 10.7 Å². The largest absolute Gasteiger partial charge is 0.370 e. The van der Waals surface area contributed by atoms with Crippen LogP contribution in [-0.2, 0) is 5.54 Å². The zero-order chi connectivity index (χ0) is 16.7. The predicted molar refractivity (Wildman–Crippen MR) is 101 cm³/mol. The number of nitrogens with two attached hydrogens (primary N) is 1. The molecule has 124 valence electrons. The van der Waals surface area contributed by atoms with Gasteiger partial charge in [-0.2, -0.15) is 0 Å². The lowest BCUT2D eigenvalue weighted by Crippen LogP contribution is -2.42. The van der Waals surface area contributed by atoms with Crippen LogP contribution < -0.4 is 5.73 Å². The number of aromatic nitrogens is 1. The van der Waals surface area contributed by atoms with E-state index in [0.29, 0.717) is 11.9 Å². The van der Waals surface area contributed by atoms with E-state index < -0.39 is 0 Å². The van der Waals surface area contributed by atoms with Gasteiger partial charge >= 0.3 is 0 Å². The summed E-state index contributed by atoms with van der Waals surface area (Å²) in [5.74, 6) is 1.23. The number of guanidine groups is 1. The highest BCUT2D eigenvalue weighted by atomic mass is 79.9. The van der Waals surface area contributed by atoms with Gasteiger partial charge in [0, 0.05) is 29.5 Å². The van der Waals surface area contributed by atoms with Crippen LogP contribution in [0, 0.1) is 5.92 Å². The number of aliphatic imine (C=N–C) groups is 1. The smallest absolute Gasteiger partial charge is 0.192 e. The second-order valence-electron chi connectivity index (χ2n) is 6.85. The molecule has 24 heavy (non-hydrogen) atoms. The Kier molecular flexibility index (Phi) is 3.83. The molecule has 4 rings (SSSR count). The highest BCUT2D eigenvalue weighted by Gasteiger charge is 2.47. The van der Waals surface area contributed by atoms with Crippen LogP contribution in [0.3, 0.4) is 0 Å². The average Bonchev–Trinajstić information content (AvgIpc) is 2.82. The molecule has 1 unspecified atom stereocenters. The van der Waals surface area contributed by atoms with Crippen molar-refractivity contribution in [2.75, 3.05) is 13.6 Å². The fourth-order valence-electron chi connectivity index (χ4n) is 3.80. The summed E-state index contributed by atoms with van der Waals surface area (Å²) in [7, 11) is 2.03. The third-order valence-corrected chi connectivity index (χ3v) is 5.80. The Labute approximate surface area is 150 Å². The zero-order valence-electron chi connectivity index (χ0n) is 13.7. The van der Waals surface area contributed by atoms with Gasteiger partial charge in [0.05, 0.1) is 6.54 Å². The summed E-state index contributed by atoms with van der Waals surface area (Å²) < 4.78 is 0.988. The summed E-state index contributed by atoms with van der Waals surface area (Å²) >= 11 is 3.51. The van der Waals surface area contributed by atoms with Gasteiger partial charge in [0.2, 0.25) is 0 Å². The van der Waals surface area contributed by atoms with E-state index in [-0.39, 0.29) is 5.54 Å². The molecule has 0 amide bonds. The molecule has 0 spiro atoms. The maximum atomic E-state index is 6.14. The minimum Gasteiger partial charge on any atom is -0.370 e. The number of nitrogens with zero attached hydrogens (tertiary/aromatic N) is 3. The summed E-state index contributed by atoms with van der Waals surface area (Å²) in [6.45, 7) is 0.865. The van der Waals surface area contributed by atoms with E-state index in [0.717, 1.165) is 16.6 Å². The number of halogens is 1. The van der Waals surface area contributed by atoms with Gasteiger partial charge in [-0.15, -0.1) is 0 Å². The van der Waals surface area contributed by atoms with Crippen molar-refractivity contribution < 1.29 is 0 Å². The third-order valence-electron chi connectivity index (χ3n) is 5.36. The summed E-state index contributed by atoms with van der Waals surface area (Å²) in [6.07, 6.45) is 7.46. The Hall–Kier alpha value is -1.88. The molecule has 2 N–H and O–H groups in total. The van der Waals surface area contributed by atoms with Crippen LogP contribution in [0.4, 0.5) is 0 Å². The van der Waals surface area contributed by atoms with E-state index in [9.17, 15) is 0 Å². The summed E-state index contributed by atoms with van der Waals surface area (Å²) in [5, 5.41) is 0. The minimum absolute atomic E-state index is 0.202. The van der Waals surface area contributed by atoms with E-state index >= 15 is 0 Å². The van der Waals surface area contributed by atoms with Crippen molar-refractivity contribution in [2.45, 2.75) is 24.8 Å². The molecule has 2 heterocycles. The third kappa shape index (κ3) is 2.51. The Morgan fingerprint density at radius 2 is 2.04 bits per heavy atom. The highest BCUT2D eigenvalue weighted by molar-refractivity contribution is 9.10. The first kappa shape index (κ1) is 15.6. The molecule has 0 radical (unpaired) electrons. The van der Waals surface area contributed by atoms with Crippen LogP contribution in [0.2, 0.25) is 0 Å². The Balaban J connectivity index is 1.79. The minimum atomic E-state index is -0.202. The molecule has 4 nitrogen and oxygen atoms in total. The van der Waals surface area contributed by atoms with Crippen LogP contribution in [0.25, 0.3) is 11.1 Å². The number of hydrogen-bond acceptors (Lipinski definition) is 4. The van der Waals surface area contributed by atoms with Gasteiger partial charge < -0.3 is 10.6 Å². The van der Waals surface area contributed by atoms with E-state index in [2.05, 4.69) is 56.1 Å². The molecule has 2 aliphatic rings. The highest BCUT2D eigenvalue weighted by Crippen LogP contribution is 2.48. The Morgan fingerprint density at radius 3 is 2.67 bits per heavy atom. The number of rotatable bonds is 3. The van der Waals surface area contributed by atoms with Crippen molar-refractivity contribution in [1.29, 1.82) is 0 Å². The number of pyridine rings is 1. The first-order chi connectivity index (χ1) is 11.6. The number of likely N-dealkylation sites (N-methyl/N-ethyl adjacent to an activating group) is 1. The summed E-state index contributed by atoms with van der Waals surface area (Å²) in [4.78, 5) is 11.3. The van der Waals surface area contributed by atoms with E-state index in [1.165, 1.54) is 30.4 Å². The van der Waals surface area contributed by atoms with Gasteiger partial charge in [-0.05, 0) is 57.9 Å². The number of hydrogen-bond donors (Lipinski definition) is 1. The average molecular weight is 385 g/mol. The molecule has 1 saturated carbocycles. The topological polar surface area (TPSA) is 54.5 Å². The quantitative estimate of drug-likeness (QED) is 0.875. The van der Waals surface area contributed by atoms with Gasteiger partial charge in [-0.25, -0.2) is 4.99 Å². The molecule has 1 aromatic heterocycles. The fraction of sp³-hybridized carbons (Fsp3) is 0.368. The fourth-order valence-corrected chi connectivity index (χ4v) is 4.17. The first-order valence-corrected chi connectivity index (χ1v) is 9.16. The van der Waals surface area contributed by atoms with Crippen molar-refractivity contribution in [2.24, 2.45) is 16.6 Å². The van der Waals surface area contributed by atoms with Gasteiger partial charge in [0.15, 0.2) is 5.96 Å².